The summed E-state index contributed by atoms with van der Waals surface area (Å²) in [6, 6.07) is 0. The van der Waals surface area contributed by atoms with Crippen molar-refractivity contribution in [1.29, 1.82) is 0 Å². The molecule has 94 valence electrons. The first-order valence-electron chi connectivity index (χ1n) is 6.30. The standard InChI is InChI=1S/C12H19N3O2/c1-3-17-12(16)10-13-11(15(2)14-10)9-7-5-4-6-8-9/h9H,3-8H2,1-2H3. The van der Waals surface area contributed by atoms with Crippen molar-refractivity contribution in [3.05, 3.63) is 11.6 Å². The van der Waals surface area contributed by atoms with E-state index in [9.17, 15) is 4.79 Å². The van der Waals surface area contributed by atoms with E-state index < -0.39 is 5.97 Å². The van der Waals surface area contributed by atoms with E-state index in [1.165, 1.54) is 19.3 Å². The molecule has 0 unspecified atom stereocenters. The third-order valence-corrected chi connectivity index (χ3v) is 3.23. The summed E-state index contributed by atoms with van der Waals surface area (Å²) in [5.41, 5.74) is 0. The van der Waals surface area contributed by atoms with Crippen LogP contribution >= 0.6 is 0 Å². The normalized spacial score (nSPS) is 17.1. The molecule has 0 atom stereocenters. The highest BCUT2D eigenvalue weighted by Crippen LogP contribution is 2.31. The fourth-order valence-corrected chi connectivity index (χ4v) is 2.39. The second kappa shape index (κ2) is 5.29. The number of carbonyl (C=O) groups is 1. The van der Waals surface area contributed by atoms with E-state index >= 15 is 0 Å². The van der Waals surface area contributed by atoms with Crippen LogP contribution in [0.15, 0.2) is 0 Å². The molecule has 1 aliphatic rings. The number of nitrogens with zero attached hydrogens (tertiary/aromatic N) is 3. The molecule has 0 spiro atoms. The maximum atomic E-state index is 11.5. The summed E-state index contributed by atoms with van der Waals surface area (Å²) >= 11 is 0. The predicted octanol–water partition coefficient (Wildman–Crippen LogP) is 2.04. The molecule has 0 bridgehead atoms. The Kier molecular flexibility index (Phi) is 3.76. The highest BCUT2D eigenvalue weighted by Gasteiger charge is 2.23. The Balaban J connectivity index is 2.15. The van der Waals surface area contributed by atoms with Crippen LogP contribution in [0.1, 0.15) is 61.4 Å². The molecule has 0 aliphatic heterocycles. The van der Waals surface area contributed by atoms with E-state index in [0.717, 1.165) is 18.7 Å². The van der Waals surface area contributed by atoms with Crippen LogP contribution in [-0.2, 0) is 11.8 Å². The molecule has 17 heavy (non-hydrogen) atoms. The number of hydrogen-bond donors (Lipinski definition) is 0. The van der Waals surface area contributed by atoms with Crippen molar-refractivity contribution in [2.24, 2.45) is 7.05 Å². The molecule has 1 aromatic heterocycles. The van der Waals surface area contributed by atoms with Crippen molar-refractivity contribution >= 4 is 5.97 Å². The lowest BCUT2D eigenvalue weighted by atomic mass is 9.89. The monoisotopic (exact) mass is 237 g/mol. The second-order valence-electron chi connectivity index (χ2n) is 4.47. The minimum absolute atomic E-state index is 0.190. The Bertz CT molecular complexity index is 394. The zero-order chi connectivity index (χ0) is 12.3. The lowest BCUT2D eigenvalue weighted by Crippen LogP contribution is -2.10. The van der Waals surface area contributed by atoms with Gasteiger partial charge in [0.15, 0.2) is 0 Å². The van der Waals surface area contributed by atoms with Crippen LogP contribution in [-0.4, -0.2) is 27.3 Å². The number of hydrogen-bond acceptors (Lipinski definition) is 4. The smallest absolute Gasteiger partial charge is 0.378 e. The molecule has 5 nitrogen and oxygen atoms in total. The number of esters is 1. The number of rotatable bonds is 3. The van der Waals surface area contributed by atoms with Crippen molar-refractivity contribution in [1.82, 2.24) is 14.8 Å². The number of aryl methyl sites for hydroxylation is 1. The first-order valence-corrected chi connectivity index (χ1v) is 6.30. The van der Waals surface area contributed by atoms with Gasteiger partial charge >= 0.3 is 5.97 Å². The van der Waals surface area contributed by atoms with E-state index in [0.29, 0.717) is 12.5 Å². The quantitative estimate of drug-likeness (QED) is 0.755. The van der Waals surface area contributed by atoms with Crippen molar-refractivity contribution in [3.63, 3.8) is 0 Å². The molecule has 0 radical (unpaired) electrons. The van der Waals surface area contributed by atoms with E-state index in [-0.39, 0.29) is 5.82 Å². The summed E-state index contributed by atoms with van der Waals surface area (Å²) in [5, 5.41) is 4.14. The molecule has 0 N–H and O–H groups in total. The summed E-state index contributed by atoms with van der Waals surface area (Å²) in [5.74, 6) is 1.14. The largest absolute Gasteiger partial charge is 0.460 e. The van der Waals surface area contributed by atoms with Gasteiger partial charge in [-0.05, 0) is 19.8 Å². The molecule has 1 heterocycles. The lowest BCUT2D eigenvalue weighted by molar-refractivity contribution is 0.0511. The van der Waals surface area contributed by atoms with E-state index in [2.05, 4.69) is 10.1 Å². The molecule has 1 aliphatic carbocycles. The minimum atomic E-state index is -0.426. The molecule has 0 aromatic carbocycles. The zero-order valence-electron chi connectivity index (χ0n) is 10.5. The van der Waals surface area contributed by atoms with Gasteiger partial charge in [-0.1, -0.05) is 19.3 Å². The highest BCUT2D eigenvalue weighted by atomic mass is 16.5. The zero-order valence-corrected chi connectivity index (χ0v) is 10.5. The molecular weight excluding hydrogens is 218 g/mol. The van der Waals surface area contributed by atoms with Crippen molar-refractivity contribution in [2.45, 2.75) is 44.9 Å². The number of aromatic nitrogens is 3. The van der Waals surface area contributed by atoms with Crippen molar-refractivity contribution < 1.29 is 9.53 Å². The molecule has 0 saturated heterocycles. The Morgan fingerprint density at radius 3 is 2.76 bits per heavy atom. The van der Waals surface area contributed by atoms with Gasteiger partial charge in [0.1, 0.15) is 5.82 Å². The molecule has 2 rings (SSSR count). The second-order valence-corrected chi connectivity index (χ2v) is 4.47. The number of carbonyl (C=O) groups excluding carboxylic acids is 1. The topological polar surface area (TPSA) is 57.0 Å². The highest BCUT2D eigenvalue weighted by molar-refractivity contribution is 5.84. The lowest BCUT2D eigenvalue weighted by Gasteiger charge is -2.20. The van der Waals surface area contributed by atoms with Crippen LogP contribution in [0.3, 0.4) is 0 Å². The van der Waals surface area contributed by atoms with Crippen LogP contribution < -0.4 is 0 Å². The van der Waals surface area contributed by atoms with Crippen LogP contribution in [0.25, 0.3) is 0 Å². The van der Waals surface area contributed by atoms with E-state index in [4.69, 9.17) is 4.74 Å². The van der Waals surface area contributed by atoms with Crippen LogP contribution in [0, 0.1) is 0 Å². The van der Waals surface area contributed by atoms with Crippen LogP contribution in [0.2, 0.25) is 0 Å². The van der Waals surface area contributed by atoms with E-state index in [1.807, 2.05) is 7.05 Å². The predicted molar refractivity (Wildman–Crippen MR) is 62.8 cm³/mol. The Morgan fingerprint density at radius 2 is 2.12 bits per heavy atom. The fraction of sp³-hybridized carbons (Fsp3) is 0.750. The first kappa shape index (κ1) is 12.1. The van der Waals surface area contributed by atoms with Crippen molar-refractivity contribution in [2.75, 3.05) is 6.61 Å². The SMILES string of the molecule is CCOC(=O)c1nc(C2CCCCC2)n(C)n1. The fourth-order valence-electron chi connectivity index (χ4n) is 2.39. The van der Waals surface area contributed by atoms with E-state index in [1.54, 1.807) is 11.6 Å². The third-order valence-electron chi connectivity index (χ3n) is 3.23. The summed E-state index contributed by atoms with van der Waals surface area (Å²) in [6.07, 6.45) is 6.08. The first-order chi connectivity index (χ1) is 8.22. The van der Waals surface area contributed by atoms with Gasteiger partial charge in [0.2, 0.25) is 0 Å². The summed E-state index contributed by atoms with van der Waals surface area (Å²) in [4.78, 5) is 15.9. The van der Waals surface area contributed by atoms with Crippen LogP contribution in [0.4, 0.5) is 0 Å². The maximum Gasteiger partial charge on any atom is 0.378 e. The molecule has 1 saturated carbocycles. The molecule has 0 amide bonds. The third kappa shape index (κ3) is 2.65. The molecule has 1 aromatic rings. The minimum Gasteiger partial charge on any atom is -0.460 e. The Hall–Kier alpha value is -1.39. The van der Waals surface area contributed by atoms with Gasteiger partial charge in [-0.2, -0.15) is 0 Å². The van der Waals surface area contributed by atoms with Crippen LogP contribution in [0.5, 0.6) is 0 Å². The number of ether oxygens (including phenoxy) is 1. The maximum absolute atomic E-state index is 11.5. The van der Waals surface area contributed by atoms with Gasteiger partial charge in [0, 0.05) is 13.0 Å². The summed E-state index contributed by atoms with van der Waals surface area (Å²) < 4.78 is 6.63. The average molecular weight is 237 g/mol. The van der Waals surface area contributed by atoms with Gasteiger partial charge in [-0.25, -0.2) is 9.78 Å². The van der Waals surface area contributed by atoms with Gasteiger partial charge < -0.3 is 4.74 Å². The Morgan fingerprint density at radius 1 is 1.41 bits per heavy atom. The average Bonchev–Trinajstić information content (AvgIpc) is 2.73. The summed E-state index contributed by atoms with van der Waals surface area (Å²) in [6.45, 7) is 2.14. The summed E-state index contributed by atoms with van der Waals surface area (Å²) in [7, 11) is 1.85. The van der Waals surface area contributed by atoms with Gasteiger partial charge in [0.05, 0.1) is 6.61 Å². The van der Waals surface area contributed by atoms with Gasteiger partial charge in [-0.15, -0.1) is 5.10 Å². The van der Waals surface area contributed by atoms with Gasteiger partial charge in [-0.3, -0.25) is 4.68 Å². The van der Waals surface area contributed by atoms with Crippen molar-refractivity contribution in [3.8, 4) is 0 Å². The molecule has 1 fully saturated rings. The molecule has 5 heteroatoms. The van der Waals surface area contributed by atoms with Gasteiger partial charge in [0.25, 0.3) is 5.82 Å². The Labute approximate surface area is 101 Å². The molecular formula is C12H19N3O2.